The van der Waals surface area contributed by atoms with Gasteiger partial charge in [0.15, 0.2) is 5.11 Å². The Morgan fingerprint density at radius 3 is 2.62 bits per heavy atom. The normalized spacial score (nSPS) is 10.7. The molecule has 1 aromatic carbocycles. The van der Waals surface area contributed by atoms with Gasteiger partial charge in [-0.25, -0.2) is 4.98 Å². The van der Waals surface area contributed by atoms with E-state index in [0.29, 0.717) is 11.1 Å². The Morgan fingerprint density at radius 1 is 1.04 bits per heavy atom. The van der Waals surface area contributed by atoms with Crippen LogP contribution in [0.5, 0.6) is 0 Å². The van der Waals surface area contributed by atoms with Gasteiger partial charge in [-0.05, 0) is 54.9 Å². The Labute approximate surface area is 149 Å². The highest BCUT2D eigenvalue weighted by Crippen LogP contribution is 2.14. The van der Waals surface area contributed by atoms with Crippen molar-refractivity contribution in [2.24, 2.45) is 0 Å². The van der Waals surface area contributed by atoms with E-state index in [4.69, 9.17) is 12.2 Å². The number of thiocarbonyl (C=S) groups is 1. The van der Waals surface area contributed by atoms with Crippen molar-refractivity contribution in [3.05, 3.63) is 64.1 Å². The van der Waals surface area contributed by atoms with Gasteiger partial charge in [0.05, 0.1) is 11.4 Å². The monoisotopic (exact) mass is 353 g/mol. The van der Waals surface area contributed by atoms with Crippen molar-refractivity contribution in [3.8, 4) is 0 Å². The van der Waals surface area contributed by atoms with Crippen molar-refractivity contribution in [2.45, 2.75) is 6.92 Å². The highest BCUT2D eigenvalue weighted by Gasteiger charge is 2.05. The van der Waals surface area contributed by atoms with Crippen LogP contribution in [0, 0.1) is 6.92 Å². The summed E-state index contributed by atoms with van der Waals surface area (Å²) < 4.78 is 0. The summed E-state index contributed by atoms with van der Waals surface area (Å²) in [4.78, 5) is 5.62. The molecule has 0 amide bonds. The van der Waals surface area contributed by atoms with Crippen molar-refractivity contribution in [1.29, 1.82) is 0 Å². The van der Waals surface area contributed by atoms with E-state index in [1.807, 2.05) is 66.9 Å². The number of para-hydroxylation sites is 1. The molecule has 3 rings (SSSR count). The topological polar surface area (TPSA) is 62.7 Å². The third-order valence-corrected chi connectivity index (χ3v) is 4.14. The van der Waals surface area contributed by atoms with E-state index in [-0.39, 0.29) is 0 Å². The van der Waals surface area contributed by atoms with Gasteiger partial charge < -0.3 is 5.32 Å². The van der Waals surface area contributed by atoms with Crippen LogP contribution in [0.4, 0.5) is 11.6 Å². The van der Waals surface area contributed by atoms with Gasteiger partial charge in [-0.15, -0.1) is 21.5 Å². The van der Waals surface area contributed by atoms with Crippen LogP contribution in [-0.2, 0) is 0 Å². The van der Waals surface area contributed by atoms with E-state index in [2.05, 4.69) is 25.8 Å². The highest BCUT2D eigenvalue weighted by molar-refractivity contribution is 7.80. The van der Waals surface area contributed by atoms with Crippen LogP contribution in [0.15, 0.2) is 47.8 Å². The summed E-state index contributed by atoms with van der Waals surface area (Å²) in [5.41, 5.74) is 2.41. The van der Waals surface area contributed by atoms with Crippen molar-refractivity contribution in [1.82, 2.24) is 15.2 Å². The molecule has 2 N–H and O–H groups in total. The summed E-state index contributed by atoms with van der Waals surface area (Å²) in [5, 5.41) is 16.6. The lowest BCUT2D eigenvalue weighted by Gasteiger charge is -2.09. The summed E-state index contributed by atoms with van der Waals surface area (Å²) in [7, 11) is 0. The van der Waals surface area contributed by atoms with Crippen LogP contribution < -0.4 is 10.6 Å². The van der Waals surface area contributed by atoms with E-state index in [1.165, 1.54) is 0 Å². The molecule has 5 nitrogen and oxygen atoms in total. The van der Waals surface area contributed by atoms with Crippen LogP contribution in [0.1, 0.15) is 16.3 Å². The number of nitrogens with zero attached hydrogens (tertiary/aromatic N) is 3. The number of hydrogen-bond donors (Lipinski definition) is 2. The maximum atomic E-state index is 5.28. The molecule has 3 aromatic rings. The van der Waals surface area contributed by atoms with Crippen molar-refractivity contribution in [2.75, 3.05) is 10.6 Å². The Balaban J connectivity index is 1.70. The van der Waals surface area contributed by atoms with Gasteiger partial charge in [0.2, 0.25) is 5.95 Å². The Kier molecular flexibility index (Phi) is 5.25. The fraction of sp³-hybridized carbons (Fsp3) is 0.0588. The predicted octanol–water partition coefficient (Wildman–Crippen LogP) is 4.22. The minimum absolute atomic E-state index is 0.361. The van der Waals surface area contributed by atoms with Gasteiger partial charge in [0.25, 0.3) is 0 Å². The smallest absolute Gasteiger partial charge is 0.249 e. The Hall–Kier alpha value is -2.64. The number of aryl methyl sites for hydroxylation is 1. The largest absolute Gasteiger partial charge is 0.332 e. The van der Waals surface area contributed by atoms with Gasteiger partial charge in [-0.3, -0.25) is 5.32 Å². The first-order chi connectivity index (χ1) is 11.7. The predicted molar refractivity (Wildman–Crippen MR) is 104 cm³/mol. The SMILES string of the molecule is Cc1nnc(NC(=S)Nc2ccccc2)nc1/C=C/c1cccs1. The number of anilines is 2. The van der Waals surface area contributed by atoms with Crippen molar-refractivity contribution >= 4 is 52.5 Å². The standard InChI is InChI=1S/C17H15N5S2/c1-12-15(10-9-14-8-5-11-24-14)19-16(22-21-12)20-17(23)18-13-6-3-2-4-7-13/h2-11H,1H3,(H2,18,19,20,22,23)/b10-9+. The second kappa shape index (κ2) is 7.76. The number of hydrogen-bond acceptors (Lipinski definition) is 5. The molecule has 0 saturated heterocycles. The summed E-state index contributed by atoms with van der Waals surface area (Å²) in [6.45, 7) is 1.87. The number of nitrogens with one attached hydrogen (secondary N) is 2. The molecule has 2 aromatic heterocycles. The summed E-state index contributed by atoms with van der Waals surface area (Å²) in [6, 6.07) is 13.7. The third-order valence-electron chi connectivity index (χ3n) is 3.10. The molecule has 120 valence electrons. The van der Waals surface area contributed by atoms with Gasteiger partial charge in [-0.2, -0.15) is 0 Å². The Bertz CT molecular complexity index is 845. The zero-order valence-corrected chi connectivity index (χ0v) is 14.6. The van der Waals surface area contributed by atoms with E-state index in [1.54, 1.807) is 11.3 Å². The second-order valence-corrected chi connectivity index (χ2v) is 6.29. The second-order valence-electron chi connectivity index (χ2n) is 4.90. The van der Waals surface area contributed by atoms with Crippen LogP contribution in [-0.4, -0.2) is 20.3 Å². The molecule has 0 radical (unpaired) electrons. The first-order valence-corrected chi connectivity index (χ1v) is 8.55. The lowest BCUT2D eigenvalue weighted by molar-refractivity contribution is 0.929. The van der Waals surface area contributed by atoms with E-state index < -0.39 is 0 Å². The number of thiophene rings is 1. The van der Waals surface area contributed by atoms with Crippen molar-refractivity contribution in [3.63, 3.8) is 0 Å². The van der Waals surface area contributed by atoms with E-state index in [9.17, 15) is 0 Å². The van der Waals surface area contributed by atoms with Gasteiger partial charge in [0, 0.05) is 10.6 Å². The van der Waals surface area contributed by atoms with Crippen LogP contribution in [0.2, 0.25) is 0 Å². The first kappa shape index (κ1) is 16.2. The summed E-state index contributed by atoms with van der Waals surface area (Å²) >= 11 is 6.94. The first-order valence-electron chi connectivity index (χ1n) is 7.27. The number of aromatic nitrogens is 3. The molecule has 0 saturated carbocycles. The maximum Gasteiger partial charge on any atom is 0.249 e. The van der Waals surface area contributed by atoms with Crippen LogP contribution >= 0.6 is 23.6 Å². The molecule has 7 heteroatoms. The van der Waals surface area contributed by atoms with E-state index >= 15 is 0 Å². The molecule has 24 heavy (non-hydrogen) atoms. The van der Waals surface area contributed by atoms with E-state index in [0.717, 1.165) is 22.0 Å². The maximum absolute atomic E-state index is 5.28. The molecule has 0 bridgehead atoms. The number of rotatable bonds is 4. The lowest BCUT2D eigenvalue weighted by Crippen LogP contribution is -2.21. The van der Waals surface area contributed by atoms with Gasteiger partial charge in [-0.1, -0.05) is 24.3 Å². The molecule has 0 fully saturated rings. The minimum atomic E-state index is 0.361. The van der Waals surface area contributed by atoms with Crippen molar-refractivity contribution < 1.29 is 0 Å². The summed E-state index contributed by atoms with van der Waals surface area (Å²) in [5.74, 6) is 0.361. The average molecular weight is 353 g/mol. The fourth-order valence-corrected chi connectivity index (χ4v) is 2.76. The van der Waals surface area contributed by atoms with Gasteiger partial charge >= 0.3 is 0 Å². The molecule has 0 aliphatic rings. The third kappa shape index (κ3) is 4.43. The van der Waals surface area contributed by atoms with Gasteiger partial charge in [0.1, 0.15) is 0 Å². The zero-order valence-electron chi connectivity index (χ0n) is 12.9. The molecule has 0 atom stereocenters. The number of benzene rings is 1. The molecular weight excluding hydrogens is 338 g/mol. The average Bonchev–Trinajstić information content (AvgIpc) is 3.09. The molecule has 0 unspecified atom stereocenters. The molecule has 2 heterocycles. The quantitative estimate of drug-likeness (QED) is 0.685. The van der Waals surface area contributed by atoms with Crippen LogP contribution in [0.25, 0.3) is 12.2 Å². The molecule has 0 spiro atoms. The molecular formula is C17H15N5S2. The molecule has 0 aliphatic heterocycles. The Morgan fingerprint density at radius 2 is 1.88 bits per heavy atom. The summed E-state index contributed by atoms with van der Waals surface area (Å²) in [6.07, 6.45) is 3.93. The minimum Gasteiger partial charge on any atom is -0.332 e. The fourth-order valence-electron chi connectivity index (χ4n) is 1.93. The zero-order chi connectivity index (χ0) is 16.8. The highest BCUT2D eigenvalue weighted by atomic mass is 32.1. The van der Waals surface area contributed by atoms with Crippen LogP contribution in [0.3, 0.4) is 0 Å². The molecule has 0 aliphatic carbocycles. The lowest BCUT2D eigenvalue weighted by atomic mass is 10.3.